The minimum Gasteiger partial charge on any atom is -0.487 e. The fraction of sp³-hybridized carbons (Fsp3) is 0.0833. The van der Waals surface area contributed by atoms with Gasteiger partial charge in [0.25, 0.3) is 0 Å². The van der Waals surface area contributed by atoms with Crippen LogP contribution in [0.3, 0.4) is 0 Å². The second-order valence-corrected chi connectivity index (χ2v) is 8.45. The molecule has 4 nitrogen and oxygen atoms in total. The smallest absolute Gasteiger partial charge is 0.236 e. The SMILES string of the molecule is O=C1Cc2cc(OCc3ccc4ccc(Cl)cc4n3)ccc2N1c1c(Cl)cccc1Cl. The lowest BCUT2D eigenvalue weighted by Crippen LogP contribution is -2.21. The van der Waals surface area contributed by atoms with Gasteiger partial charge < -0.3 is 4.74 Å². The zero-order valence-corrected chi connectivity index (χ0v) is 18.4. The van der Waals surface area contributed by atoms with E-state index < -0.39 is 0 Å². The molecule has 5 rings (SSSR count). The maximum atomic E-state index is 12.7. The molecule has 1 aliphatic heterocycles. The number of amides is 1. The van der Waals surface area contributed by atoms with Gasteiger partial charge in [0.1, 0.15) is 12.4 Å². The van der Waals surface area contributed by atoms with Crippen molar-refractivity contribution in [3.05, 3.63) is 93.1 Å². The van der Waals surface area contributed by atoms with Crippen LogP contribution in [-0.4, -0.2) is 10.9 Å². The molecule has 0 spiro atoms. The Bertz CT molecular complexity index is 1320. The minimum atomic E-state index is -0.0878. The Morgan fingerprint density at radius 1 is 0.935 bits per heavy atom. The molecule has 0 N–H and O–H groups in total. The van der Waals surface area contributed by atoms with Crippen LogP contribution in [0.5, 0.6) is 5.75 Å². The summed E-state index contributed by atoms with van der Waals surface area (Å²) in [4.78, 5) is 18.9. The average Bonchev–Trinajstić information content (AvgIpc) is 3.07. The summed E-state index contributed by atoms with van der Waals surface area (Å²) in [5, 5.41) is 2.51. The number of carbonyl (C=O) groups excluding carboxylic acids is 1. The van der Waals surface area contributed by atoms with Crippen molar-refractivity contribution in [2.24, 2.45) is 0 Å². The van der Waals surface area contributed by atoms with E-state index in [9.17, 15) is 4.79 Å². The summed E-state index contributed by atoms with van der Waals surface area (Å²) < 4.78 is 5.94. The lowest BCUT2D eigenvalue weighted by Gasteiger charge is -2.20. The number of halogens is 3. The third-order valence-electron chi connectivity index (χ3n) is 5.14. The van der Waals surface area contributed by atoms with Gasteiger partial charge in [-0.25, -0.2) is 4.98 Å². The summed E-state index contributed by atoms with van der Waals surface area (Å²) in [7, 11) is 0. The second kappa shape index (κ2) is 8.04. The van der Waals surface area contributed by atoms with Crippen LogP contribution >= 0.6 is 34.8 Å². The molecule has 7 heteroatoms. The molecule has 0 unspecified atom stereocenters. The van der Waals surface area contributed by atoms with E-state index in [1.165, 1.54) is 0 Å². The van der Waals surface area contributed by atoms with Crippen molar-refractivity contribution in [2.45, 2.75) is 13.0 Å². The first-order valence-electron chi connectivity index (χ1n) is 9.57. The summed E-state index contributed by atoms with van der Waals surface area (Å²) in [5.41, 5.74) is 3.72. The Hall–Kier alpha value is -2.79. The first-order valence-corrected chi connectivity index (χ1v) is 10.7. The molecule has 0 aliphatic carbocycles. The summed E-state index contributed by atoms with van der Waals surface area (Å²) in [6.45, 7) is 0.301. The van der Waals surface area contributed by atoms with Crippen LogP contribution in [0.2, 0.25) is 15.1 Å². The molecule has 0 saturated carbocycles. The van der Waals surface area contributed by atoms with E-state index in [0.717, 1.165) is 27.8 Å². The van der Waals surface area contributed by atoms with Gasteiger partial charge in [-0.1, -0.05) is 53.0 Å². The first-order chi connectivity index (χ1) is 15.0. The Morgan fingerprint density at radius 3 is 2.52 bits per heavy atom. The molecule has 0 atom stereocenters. The molecule has 31 heavy (non-hydrogen) atoms. The van der Waals surface area contributed by atoms with Crippen molar-refractivity contribution < 1.29 is 9.53 Å². The molecular formula is C24H15Cl3N2O2. The fourth-order valence-corrected chi connectivity index (χ4v) is 4.44. The molecule has 1 aromatic heterocycles. The number of fused-ring (bicyclic) bond motifs is 2. The van der Waals surface area contributed by atoms with Crippen LogP contribution in [-0.2, 0) is 17.8 Å². The minimum absolute atomic E-state index is 0.0878. The van der Waals surface area contributed by atoms with Crippen molar-refractivity contribution >= 4 is 63.0 Å². The molecule has 4 aromatic rings. The highest BCUT2D eigenvalue weighted by atomic mass is 35.5. The summed E-state index contributed by atoms with van der Waals surface area (Å²) in [5.74, 6) is 0.571. The number of rotatable bonds is 4. The Morgan fingerprint density at radius 2 is 1.71 bits per heavy atom. The number of anilines is 2. The molecule has 2 heterocycles. The summed E-state index contributed by atoms with van der Waals surface area (Å²) in [6.07, 6.45) is 0.251. The molecule has 1 amide bonds. The number of hydrogen-bond acceptors (Lipinski definition) is 3. The first kappa shape index (κ1) is 20.1. The fourth-order valence-electron chi connectivity index (χ4n) is 3.71. The number of pyridine rings is 1. The van der Waals surface area contributed by atoms with Gasteiger partial charge in [0, 0.05) is 10.4 Å². The topological polar surface area (TPSA) is 42.4 Å². The number of ether oxygens (including phenoxy) is 1. The number of aromatic nitrogens is 1. The Balaban J connectivity index is 1.39. The molecule has 0 fully saturated rings. The predicted octanol–water partition coefficient (Wildman–Crippen LogP) is 6.99. The van der Waals surface area contributed by atoms with Crippen molar-refractivity contribution in [2.75, 3.05) is 4.90 Å². The third-order valence-corrected chi connectivity index (χ3v) is 5.99. The van der Waals surface area contributed by atoms with E-state index in [1.807, 2.05) is 48.5 Å². The van der Waals surface area contributed by atoms with Gasteiger partial charge >= 0.3 is 0 Å². The van der Waals surface area contributed by atoms with E-state index in [-0.39, 0.29) is 12.3 Å². The summed E-state index contributed by atoms with van der Waals surface area (Å²) >= 11 is 18.7. The van der Waals surface area contributed by atoms with E-state index >= 15 is 0 Å². The highest BCUT2D eigenvalue weighted by Crippen LogP contribution is 2.43. The van der Waals surface area contributed by atoms with Crippen LogP contribution < -0.4 is 9.64 Å². The highest BCUT2D eigenvalue weighted by Gasteiger charge is 2.31. The number of carbonyl (C=O) groups is 1. The average molecular weight is 470 g/mol. The number of benzene rings is 3. The van der Waals surface area contributed by atoms with Crippen molar-refractivity contribution in [1.29, 1.82) is 0 Å². The zero-order valence-electron chi connectivity index (χ0n) is 16.1. The summed E-state index contributed by atoms with van der Waals surface area (Å²) in [6, 6.07) is 20.3. The van der Waals surface area contributed by atoms with Crippen LogP contribution in [0.15, 0.2) is 66.7 Å². The lowest BCUT2D eigenvalue weighted by molar-refractivity contribution is -0.116. The maximum Gasteiger partial charge on any atom is 0.236 e. The van der Waals surface area contributed by atoms with E-state index in [4.69, 9.17) is 39.5 Å². The van der Waals surface area contributed by atoms with Crippen LogP contribution in [0.1, 0.15) is 11.3 Å². The number of nitrogens with zero attached hydrogens (tertiary/aromatic N) is 2. The number of para-hydroxylation sites is 1. The van der Waals surface area contributed by atoms with Gasteiger partial charge in [-0.3, -0.25) is 9.69 Å². The Kier molecular flexibility index (Phi) is 5.22. The van der Waals surface area contributed by atoms with Gasteiger partial charge in [0.15, 0.2) is 0 Å². The zero-order chi connectivity index (χ0) is 21.5. The molecule has 154 valence electrons. The normalized spacial score (nSPS) is 13.0. The van der Waals surface area contributed by atoms with Crippen LogP contribution in [0.25, 0.3) is 10.9 Å². The van der Waals surface area contributed by atoms with Gasteiger partial charge in [-0.05, 0) is 54.1 Å². The van der Waals surface area contributed by atoms with Gasteiger partial charge in [-0.2, -0.15) is 0 Å². The van der Waals surface area contributed by atoms with Crippen molar-refractivity contribution in [3.63, 3.8) is 0 Å². The molecular weight excluding hydrogens is 455 g/mol. The largest absolute Gasteiger partial charge is 0.487 e. The molecule has 0 radical (unpaired) electrons. The van der Waals surface area contributed by atoms with Crippen LogP contribution in [0, 0.1) is 0 Å². The highest BCUT2D eigenvalue weighted by molar-refractivity contribution is 6.40. The third kappa shape index (κ3) is 3.83. The van der Waals surface area contributed by atoms with E-state index in [0.29, 0.717) is 33.1 Å². The molecule has 1 aliphatic rings. The second-order valence-electron chi connectivity index (χ2n) is 7.19. The quantitative estimate of drug-likeness (QED) is 0.323. The molecule has 3 aromatic carbocycles. The maximum absolute atomic E-state index is 12.7. The number of hydrogen-bond donors (Lipinski definition) is 0. The van der Waals surface area contributed by atoms with Gasteiger partial charge in [0.2, 0.25) is 5.91 Å². The van der Waals surface area contributed by atoms with E-state index in [1.54, 1.807) is 23.1 Å². The standard InChI is InChI=1S/C24H15Cl3N2O2/c25-16-6-4-14-5-7-17(28-21(14)12-16)13-31-18-8-9-22-15(10-18)11-23(30)29(22)24-19(26)2-1-3-20(24)27/h1-10,12H,11,13H2. The van der Waals surface area contributed by atoms with Crippen LogP contribution in [0.4, 0.5) is 11.4 Å². The monoisotopic (exact) mass is 468 g/mol. The lowest BCUT2D eigenvalue weighted by atomic mass is 10.1. The van der Waals surface area contributed by atoms with E-state index in [2.05, 4.69) is 4.98 Å². The van der Waals surface area contributed by atoms with Gasteiger partial charge in [-0.15, -0.1) is 0 Å². The van der Waals surface area contributed by atoms with Crippen molar-refractivity contribution in [3.8, 4) is 5.75 Å². The molecule has 0 saturated heterocycles. The van der Waals surface area contributed by atoms with Gasteiger partial charge in [0.05, 0.1) is 39.1 Å². The predicted molar refractivity (Wildman–Crippen MR) is 125 cm³/mol. The molecule has 0 bridgehead atoms. The van der Waals surface area contributed by atoms with Crippen molar-refractivity contribution in [1.82, 2.24) is 4.98 Å². The Labute approximate surface area is 193 Å².